The van der Waals surface area contributed by atoms with Crippen LogP contribution >= 0.6 is 0 Å². The van der Waals surface area contributed by atoms with Crippen molar-refractivity contribution in [3.63, 3.8) is 0 Å². The van der Waals surface area contributed by atoms with Gasteiger partial charge in [-0.1, -0.05) is 38.8 Å². The fraction of sp³-hybridized carbons (Fsp3) is 0.903. The van der Waals surface area contributed by atoms with Gasteiger partial charge >= 0.3 is 5.97 Å². The largest absolute Gasteiger partial charge is 0.461 e. The van der Waals surface area contributed by atoms with E-state index in [1.54, 1.807) is 5.57 Å². The molecule has 2 saturated heterocycles. The average molecular weight is 501 g/mol. The normalized spacial score (nSPS) is 47.6. The molecule has 5 nitrogen and oxygen atoms in total. The van der Waals surface area contributed by atoms with Crippen molar-refractivity contribution in [2.45, 2.75) is 129 Å². The molecule has 6 rings (SSSR count). The van der Waals surface area contributed by atoms with Crippen molar-refractivity contribution in [3.8, 4) is 0 Å². The summed E-state index contributed by atoms with van der Waals surface area (Å²) in [6.07, 6.45) is 13.8. The first-order valence-electron chi connectivity index (χ1n) is 15.3. The molecule has 2 heterocycles. The molecular weight excluding hydrogens is 448 g/mol. The van der Waals surface area contributed by atoms with Crippen molar-refractivity contribution in [2.24, 2.45) is 40.7 Å². The van der Waals surface area contributed by atoms with Crippen molar-refractivity contribution in [3.05, 3.63) is 11.1 Å². The van der Waals surface area contributed by atoms with Crippen LogP contribution in [0.1, 0.15) is 105 Å². The molecule has 0 aromatic rings. The first kappa shape index (κ1) is 26.7. The Bertz CT molecular complexity index is 857. The standard InChI is InChI=1S/C29H46N2O3.C2H6/c1-17-10-26-25(31-16-17)14-29(34-26)9-7-21-22-5-4-19-11-20(33-27(32)15-30)6-8-28(19,3)24(22)12-23(21)18(2)13-29;1-2/h17,19-22,24-26,31H,4-16,30H2,1-3H3;1-2H3. The molecule has 36 heavy (non-hydrogen) atoms. The predicted molar refractivity (Wildman–Crippen MR) is 144 cm³/mol. The van der Waals surface area contributed by atoms with Crippen LogP contribution in [0.3, 0.4) is 0 Å². The summed E-state index contributed by atoms with van der Waals surface area (Å²) < 4.78 is 12.6. The molecule has 4 aliphatic carbocycles. The van der Waals surface area contributed by atoms with E-state index >= 15 is 0 Å². The van der Waals surface area contributed by atoms with Crippen LogP contribution in [-0.4, -0.2) is 42.9 Å². The van der Waals surface area contributed by atoms with Crippen LogP contribution in [0, 0.1) is 35.0 Å². The summed E-state index contributed by atoms with van der Waals surface area (Å²) in [5.41, 5.74) is 9.44. The van der Waals surface area contributed by atoms with Gasteiger partial charge in [-0.3, -0.25) is 4.79 Å². The first-order valence-corrected chi connectivity index (χ1v) is 15.3. The molecule has 0 aromatic carbocycles. The van der Waals surface area contributed by atoms with Gasteiger partial charge in [-0.05, 0) is 119 Å². The number of allylic oxidation sites excluding steroid dienone is 1. The molecule has 5 heteroatoms. The molecule has 10 atom stereocenters. The lowest BCUT2D eigenvalue weighted by molar-refractivity contribution is -0.155. The molecular formula is C31H52N2O3. The van der Waals surface area contributed by atoms with E-state index in [9.17, 15) is 4.79 Å². The summed E-state index contributed by atoms with van der Waals surface area (Å²) >= 11 is 0. The molecule has 1 spiro atoms. The Hall–Kier alpha value is -0.910. The molecule has 3 saturated carbocycles. The van der Waals surface area contributed by atoms with Crippen LogP contribution in [0.25, 0.3) is 0 Å². The molecule has 0 radical (unpaired) electrons. The van der Waals surface area contributed by atoms with Crippen LogP contribution in [-0.2, 0) is 14.3 Å². The minimum Gasteiger partial charge on any atom is -0.461 e. The van der Waals surface area contributed by atoms with E-state index in [2.05, 4.69) is 26.1 Å². The van der Waals surface area contributed by atoms with Crippen molar-refractivity contribution in [1.82, 2.24) is 5.32 Å². The van der Waals surface area contributed by atoms with Gasteiger partial charge in [0.1, 0.15) is 6.10 Å². The summed E-state index contributed by atoms with van der Waals surface area (Å²) in [6.45, 7) is 12.5. The third-order valence-corrected chi connectivity index (χ3v) is 11.4. The first-order chi connectivity index (χ1) is 17.3. The van der Waals surface area contributed by atoms with Crippen molar-refractivity contribution >= 4 is 5.97 Å². The van der Waals surface area contributed by atoms with Gasteiger partial charge in [0.25, 0.3) is 0 Å². The van der Waals surface area contributed by atoms with Gasteiger partial charge in [-0.15, -0.1) is 0 Å². The van der Waals surface area contributed by atoms with Gasteiger partial charge in [0.05, 0.1) is 18.2 Å². The Morgan fingerprint density at radius 2 is 1.97 bits per heavy atom. The molecule has 5 fully saturated rings. The summed E-state index contributed by atoms with van der Waals surface area (Å²) in [7, 11) is 0. The highest BCUT2D eigenvalue weighted by Crippen LogP contribution is 2.65. The third-order valence-electron chi connectivity index (χ3n) is 11.4. The zero-order valence-corrected chi connectivity index (χ0v) is 23.6. The zero-order valence-electron chi connectivity index (χ0n) is 23.6. The number of carbonyl (C=O) groups excluding carboxylic acids is 1. The molecule has 2 aliphatic heterocycles. The number of piperidine rings is 1. The number of carbonyl (C=O) groups is 1. The number of nitrogens with one attached hydrogen (secondary N) is 1. The summed E-state index contributed by atoms with van der Waals surface area (Å²) in [5, 5.41) is 3.81. The third kappa shape index (κ3) is 4.60. The molecule has 10 unspecified atom stereocenters. The topological polar surface area (TPSA) is 73.6 Å². The number of hydrogen-bond acceptors (Lipinski definition) is 5. The van der Waals surface area contributed by atoms with Crippen molar-refractivity contribution < 1.29 is 14.3 Å². The van der Waals surface area contributed by atoms with Crippen LogP contribution in [0.15, 0.2) is 11.1 Å². The summed E-state index contributed by atoms with van der Waals surface area (Å²) in [4.78, 5) is 11.8. The molecule has 0 aromatic heterocycles. The van der Waals surface area contributed by atoms with Gasteiger partial charge in [0.15, 0.2) is 0 Å². The fourth-order valence-corrected chi connectivity index (χ4v) is 9.74. The Labute approximate surface area is 219 Å². The lowest BCUT2D eigenvalue weighted by Crippen LogP contribution is -2.48. The minimum atomic E-state index is -0.237. The van der Waals surface area contributed by atoms with Gasteiger partial charge in [-0.25, -0.2) is 0 Å². The Morgan fingerprint density at radius 1 is 1.17 bits per heavy atom. The quantitative estimate of drug-likeness (QED) is 0.372. The fourth-order valence-electron chi connectivity index (χ4n) is 9.74. The second-order valence-corrected chi connectivity index (χ2v) is 13.4. The second kappa shape index (κ2) is 10.3. The number of nitrogens with two attached hydrogens (primary N) is 1. The maximum Gasteiger partial charge on any atom is 0.319 e. The maximum absolute atomic E-state index is 11.8. The molecule has 204 valence electrons. The summed E-state index contributed by atoms with van der Waals surface area (Å²) in [5.74, 6) is 3.59. The Balaban J connectivity index is 0.00000130. The second-order valence-electron chi connectivity index (χ2n) is 13.4. The number of rotatable bonds is 2. The van der Waals surface area contributed by atoms with E-state index < -0.39 is 0 Å². The highest BCUT2D eigenvalue weighted by Gasteiger charge is 2.58. The minimum absolute atomic E-state index is 0.0000319. The van der Waals surface area contributed by atoms with Gasteiger partial charge in [-0.2, -0.15) is 0 Å². The van der Waals surface area contributed by atoms with E-state index in [4.69, 9.17) is 15.2 Å². The SMILES string of the molecule is CC.CC1=C2CC3C(CCC4CC(OC(=O)CN)CCC43C)C2CCC2(C1)CC1NCC(C)CC1O2. The van der Waals surface area contributed by atoms with Crippen LogP contribution in [0.5, 0.6) is 0 Å². The van der Waals surface area contributed by atoms with E-state index in [1.807, 2.05) is 19.4 Å². The molecule has 0 amide bonds. The van der Waals surface area contributed by atoms with E-state index in [0.717, 1.165) is 49.5 Å². The number of esters is 1. The molecule has 3 N–H and O–H groups in total. The van der Waals surface area contributed by atoms with Gasteiger partial charge < -0.3 is 20.5 Å². The van der Waals surface area contributed by atoms with Crippen LogP contribution < -0.4 is 11.1 Å². The van der Waals surface area contributed by atoms with E-state index in [1.165, 1.54) is 51.4 Å². The van der Waals surface area contributed by atoms with Crippen molar-refractivity contribution in [2.75, 3.05) is 13.1 Å². The average Bonchev–Trinajstić information content (AvgIpc) is 3.39. The van der Waals surface area contributed by atoms with Crippen LogP contribution in [0.2, 0.25) is 0 Å². The highest BCUT2D eigenvalue weighted by atomic mass is 16.5. The monoisotopic (exact) mass is 500 g/mol. The number of ether oxygens (including phenoxy) is 2. The van der Waals surface area contributed by atoms with Crippen LogP contribution in [0.4, 0.5) is 0 Å². The molecule has 6 aliphatic rings. The molecule has 0 bridgehead atoms. The van der Waals surface area contributed by atoms with Crippen molar-refractivity contribution in [1.29, 1.82) is 0 Å². The summed E-state index contributed by atoms with van der Waals surface area (Å²) in [6, 6.07) is 0.567. The zero-order chi connectivity index (χ0) is 25.7. The van der Waals surface area contributed by atoms with Gasteiger partial charge in [0, 0.05) is 6.04 Å². The number of fused-ring (bicyclic) bond motifs is 6. The Kier molecular flexibility index (Phi) is 7.66. The highest BCUT2D eigenvalue weighted by molar-refractivity contribution is 5.71. The van der Waals surface area contributed by atoms with E-state index in [-0.39, 0.29) is 24.2 Å². The Morgan fingerprint density at radius 3 is 2.75 bits per heavy atom. The lowest BCUT2D eigenvalue weighted by Gasteiger charge is -2.54. The number of hydrogen-bond donors (Lipinski definition) is 2. The van der Waals surface area contributed by atoms with Gasteiger partial charge in [0.2, 0.25) is 0 Å². The maximum atomic E-state index is 11.8. The van der Waals surface area contributed by atoms with E-state index in [0.29, 0.717) is 23.5 Å². The predicted octanol–water partition coefficient (Wildman–Crippen LogP) is 5.76. The lowest BCUT2D eigenvalue weighted by atomic mass is 9.52. The smallest absolute Gasteiger partial charge is 0.319 e.